The normalized spacial score (nSPS) is 24.1. The smallest absolute Gasteiger partial charge is 0.139 e. The van der Waals surface area contributed by atoms with Crippen molar-refractivity contribution in [2.45, 2.75) is 26.4 Å². The molecule has 2 rings (SSSR count). The summed E-state index contributed by atoms with van der Waals surface area (Å²) >= 11 is 5.06. The van der Waals surface area contributed by atoms with Crippen molar-refractivity contribution in [3.8, 4) is 0 Å². The van der Waals surface area contributed by atoms with Gasteiger partial charge in [-0.2, -0.15) is 0 Å². The third kappa shape index (κ3) is 2.62. The molecule has 1 aliphatic heterocycles. The van der Waals surface area contributed by atoms with Gasteiger partial charge in [-0.3, -0.25) is 0 Å². The predicted octanol–water partition coefficient (Wildman–Crippen LogP) is 1.23. The van der Waals surface area contributed by atoms with E-state index in [4.69, 9.17) is 18.0 Å². The van der Waals surface area contributed by atoms with Crippen molar-refractivity contribution in [3.05, 3.63) is 23.4 Å². The van der Waals surface area contributed by atoms with E-state index in [-0.39, 0.29) is 6.10 Å². The Morgan fingerprint density at radius 3 is 2.89 bits per heavy atom. The molecule has 2 heterocycles. The van der Waals surface area contributed by atoms with E-state index in [1.54, 1.807) is 0 Å². The molecule has 4 nitrogen and oxygen atoms in total. The standard InChI is InChI=1S/C13H19N3OS/c1-8-5-6-16(7-11(8)17)13-10(12(14)18)4-3-9(2)15-13/h3-4,8,11,17H,5-7H2,1-2H3,(H2,14,18). The zero-order valence-electron chi connectivity index (χ0n) is 10.8. The molecule has 1 saturated heterocycles. The van der Waals surface area contributed by atoms with Crippen molar-refractivity contribution in [1.82, 2.24) is 4.98 Å². The van der Waals surface area contributed by atoms with Crippen LogP contribution in [0.25, 0.3) is 0 Å². The first-order valence-electron chi connectivity index (χ1n) is 6.19. The summed E-state index contributed by atoms with van der Waals surface area (Å²) in [4.78, 5) is 6.95. The number of aromatic nitrogens is 1. The molecule has 1 fully saturated rings. The Labute approximate surface area is 113 Å². The van der Waals surface area contributed by atoms with Gasteiger partial charge in [0.25, 0.3) is 0 Å². The fourth-order valence-corrected chi connectivity index (χ4v) is 2.38. The van der Waals surface area contributed by atoms with Crippen molar-refractivity contribution in [2.24, 2.45) is 11.7 Å². The van der Waals surface area contributed by atoms with Gasteiger partial charge in [-0.15, -0.1) is 0 Å². The number of nitrogens with two attached hydrogens (primary N) is 1. The molecule has 0 spiro atoms. The number of β-amino-alcohol motifs (C(OH)–C–C–N with tert-alkyl or cyclic N) is 1. The van der Waals surface area contributed by atoms with Crippen molar-refractivity contribution in [1.29, 1.82) is 0 Å². The second-order valence-corrected chi connectivity index (χ2v) is 5.41. The minimum absolute atomic E-state index is 0.319. The highest BCUT2D eigenvalue weighted by molar-refractivity contribution is 7.80. The number of anilines is 1. The second-order valence-electron chi connectivity index (χ2n) is 4.97. The fourth-order valence-electron chi connectivity index (χ4n) is 2.22. The van der Waals surface area contributed by atoms with Crippen LogP contribution in [0.5, 0.6) is 0 Å². The summed E-state index contributed by atoms with van der Waals surface area (Å²) in [6.45, 7) is 5.48. The summed E-state index contributed by atoms with van der Waals surface area (Å²) in [6, 6.07) is 3.81. The quantitative estimate of drug-likeness (QED) is 0.788. The Balaban J connectivity index is 2.32. The minimum Gasteiger partial charge on any atom is -0.391 e. The Morgan fingerprint density at radius 2 is 2.28 bits per heavy atom. The van der Waals surface area contributed by atoms with E-state index < -0.39 is 0 Å². The van der Waals surface area contributed by atoms with Crippen LogP contribution in [-0.2, 0) is 0 Å². The highest BCUT2D eigenvalue weighted by Gasteiger charge is 2.26. The number of hydrogen-bond donors (Lipinski definition) is 2. The number of thiocarbonyl (C=S) groups is 1. The van der Waals surface area contributed by atoms with E-state index in [9.17, 15) is 5.11 Å². The van der Waals surface area contributed by atoms with Crippen LogP contribution < -0.4 is 10.6 Å². The van der Waals surface area contributed by atoms with Crippen LogP contribution >= 0.6 is 12.2 Å². The van der Waals surface area contributed by atoms with E-state index >= 15 is 0 Å². The third-order valence-corrected chi connectivity index (χ3v) is 3.72. The molecule has 0 bridgehead atoms. The van der Waals surface area contributed by atoms with E-state index in [2.05, 4.69) is 16.8 Å². The molecule has 18 heavy (non-hydrogen) atoms. The number of hydrogen-bond acceptors (Lipinski definition) is 4. The van der Waals surface area contributed by atoms with Crippen molar-refractivity contribution in [3.63, 3.8) is 0 Å². The molecule has 1 aromatic heterocycles. The van der Waals surface area contributed by atoms with E-state index in [0.29, 0.717) is 17.5 Å². The monoisotopic (exact) mass is 265 g/mol. The fraction of sp³-hybridized carbons (Fsp3) is 0.538. The largest absolute Gasteiger partial charge is 0.391 e. The van der Waals surface area contributed by atoms with Crippen LogP contribution in [0.3, 0.4) is 0 Å². The van der Waals surface area contributed by atoms with Gasteiger partial charge >= 0.3 is 0 Å². The Hall–Kier alpha value is -1.20. The maximum Gasteiger partial charge on any atom is 0.139 e. The van der Waals surface area contributed by atoms with Gasteiger partial charge in [0.1, 0.15) is 10.8 Å². The van der Waals surface area contributed by atoms with Gasteiger partial charge in [0.15, 0.2) is 0 Å². The second kappa shape index (κ2) is 5.20. The number of aliphatic hydroxyl groups excluding tert-OH is 1. The number of pyridine rings is 1. The Kier molecular flexibility index (Phi) is 3.82. The molecule has 2 unspecified atom stereocenters. The molecule has 0 amide bonds. The molecule has 0 aliphatic carbocycles. The SMILES string of the molecule is Cc1ccc(C(N)=S)c(N2CCC(C)C(O)C2)n1. The number of aryl methyl sites for hydroxylation is 1. The van der Waals surface area contributed by atoms with Gasteiger partial charge in [-0.1, -0.05) is 19.1 Å². The van der Waals surface area contributed by atoms with Crippen LogP contribution in [0.15, 0.2) is 12.1 Å². The maximum atomic E-state index is 9.97. The first-order valence-corrected chi connectivity index (χ1v) is 6.60. The maximum absolute atomic E-state index is 9.97. The molecular formula is C13H19N3OS. The van der Waals surface area contributed by atoms with Gasteiger partial charge < -0.3 is 15.7 Å². The highest BCUT2D eigenvalue weighted by Crippen LogP contribution is 2.25. The Morgan fingerprint density at radius 1 is 1.56 bits per heavy atom. The third-order valence-electron chi connectivity index (χ3n) is 3.50. The number of rotatable bonds is 2. The number of piperidine rings is 1. The lowest BCUT2D eigenvalue weighted by atomic mass is 9.96. The van der Waals surface area contributed by atoms with Crippen LogP contribution in [-0.4, -0.2) is 34.3 Å². The van der Waals surface area contributed by atoms with Crippen LogP contribution in [0.4, 0.5) is 5.82 Å². The topological polar surface area (TPSA) is 62.4 Å². The Bertz CT molecular complexity index is 464. The van der Waals surface area contributed by atoms with Crippen LogP contribution in [0.1, 0.15) is 24.6 Å². The predicted molar refractivity (Wildman–Crippen MR) is 76.9 cm³/mol. The van der Waals surface area contributed by atoms with Gasteiger partial charge in [0.05, 0.1) is 11.7 Å². The highest BCUT2D eigenvalue weighted by atomic mass is 32.1. The van der Waals surface area contributed by atoms with Crippen molar-refractivity contribution >= 4 is 23.0 Å². The average molecular weight is 265 g/mol. The summed E-state index contributed by atoms with van der Waals surface area (Å²) in [5.74, 6) is 1.13. The van der Waals surface area contributed by atoms with Crippen LogP contribution in [0.2, 0.25) is 0 Å². The number of aliphatic hydroxyl groups is 1. The molecule has 0 aromatic carbocycles. The van der Waals surface area contributed by atoms with E-state index in [1.165, 1.54) is 0 Å². The molecule has 2 atom stereocenters. The van der Waals surface area contributed by atoms with Crippen molar-refractivity contribution in [2.75, 3.05) is 18.0 Å². The lowest BCUT2D eigenvalue weighted by Gasteiger charge is -2.36. The molecule has 0 radical (unpaired) electrons. The van der Waals surface area contributed by atoms with Gasteiger partial charge in [0, 0.05) is 18.8 Å². The molecule has 1 aliphatic rings. The molecule has 0 saturated carbocycles. The van der Waals surface area contributed by atoms with Gasteiger partial charge in [0.2, 0.25) is 0 Å². The molecule has 5 heteroatoms. The van der Waals surface area contributed by atoms with E-state index in [1.807, 2.05) is 19.1 Å². The zero-order valence-corrected chi connectivity index (χ0v) is 11.6. The summed E-state index contributed by atoms with van der Waals surface area (Å²) in [5.41, 5.74) is 7.45. The molecule has 3 N–H and O–H groups in total. The number of nitrogens with zero attached hydrogens (tertiary/aromatic N) is 2. The molecular weight excluding hydrogens is 246 g/mol. The summed E-state index contributed by atoms with van der Waals surface area (Å²) in [6.07, 6.45) is 0.633. The molecule has 1 aromatic rings. The van der Waals surface area contributed by atoms with Crippen LogP contribution in [0, 0.1) is 12.8 Å². The van der Waals surface area contributed by atoms with Gasteiger partial charge in [-0.05, 0) is 31.4 Å². The summed E-state index contributed by atoms with van der Waals surface area (Å²) < 4.78 is 0. The first kappa shape index (κ1) is 13.2. The minimum atomic E-state index is -0.319. The van der Waals surface area contributed by atoms with Gasteiger partial charge in [-0.25, -0.2) is 4.98 Å². The lowest BCUT2D eigenvalue weighted by Crippen LogP contribution is -2.44. The summed E-state index contributed by atoms with van der Waals surface area (Å²) in [7, 11) is 0. The zero-order chi connectivity index (χ0) is 13.3. The van der Waals surface area contributed by atoms with Crippen molar-refractivity contribution < 1.29 is 5.11 Å². The first-order chi connectivity index (χ1) is 8.49. The lowest BCUT2D eigenvalue weighted by molar-refractivity contribution is 0.102. The molecule has 98 valence electrons. The summed E-state index contributed by atoms with van der Waals surface area (Å²) in [5, 5.41) is 9.97. The average Bonchev–Trinajstić information content (AvgIpc) is 2.32. The van der Waals surface area contributed by atoms with E-state index in [0.717, 1.165) is 30.0 Å².